The molecule has 94 valence electrons. The first-order valence-corrected chi connectivity index (χ1v) is 7.08. The van der Waals surface area contributed by atoms with Gasteiger partial charge in [0.2, 0.25) is 0 Å². The zero-order valence-corrected chi connectivity index (χ0v) is 11.0. The van der Waals surface area contributed by atoms with Gasteiger partial charge in [0, 0.05) is 12.0 Å². The lowest BCUT2D eigenvalue weighted by atomic mass is 10.0. The van der Waals surface area contributed by atoms with Crippen molar-refractivity contribution in [3.05, 3.63) is 35.9 Å². The van der Waals surface area contributed by atoms with E-state index in [1.165, 1.54) is 24.8 Å². The highest BCUT2D eigenvalue weighted by atomic mass is 35.5. The lowest BCUT2D eigenvalue weighted by molar-refractivity contribution is 0.0100. The molecule has 0 bridgehead atoms. The van der Waals surface area contributed by atoms with Crippen LogP contribution in [0.1, 0.15) is 37.7 Å². The highest BCUT2D eigenvalue weighted by Crippen LogP contribution is 2.20. The molecule has 17 heavy (non-hydrogen) atoms. The Morgan fingerprint density at radius 2 is 2.06 bits per heavy atom. The summed E-state index contributed by atoms with van der Waals surface area (Å²) in [5.41, 5.74) is 1.33. The standard InChI is InChI=1S/C15H21ClO/c16-14(12-13-6-2-1-3-7-13)9-10-15-8-4-5-11-17-15/h1-3,6-7,14-15H,4-5,8-12H2. The van der Waals surface area contributed by atoms with Gasteiger partial charge in [-0.15, -0.1) is 11.6 Å². The van der Waals surface area contributed by atoms with E-state index < -0.39 is 0 Å². The van der Waals surface area contributed by atoms with Crippen molar-refractivity contribution in [2.75, 3.05) is 6.61 Å². The molecule has 0 aromatic heterocycles. The lowest BCUT2D eigenvalue weighted by Gasteiger charge is -2.23. The lowest BCUT2D eigenvalue weighted by Crippen LogP contribution is -2.20. The Balaban J connectivity index is 1.68. The van der Waals surface area contributed by atoms with Crippen LogP contribution in [-0.2, 0) is 11.2 Å². The maximum Gasteiger partial charge on any atom is 0.0575 e. The number of alkyl halides is 1. The van der Waals surface area contributed by atoms with E-state index in [1.54, 1.807) is 0 Å². The molecule has 0 aliphatic carbocycles. The fourth-order valence-electron chi connectivity index (χ4n) is 2.37. The molecule has 2 rings (SSSR count). The van der Waals surface area contributed by atoms with Crippen molar-refractivity contribution in [1.29, 1.82) is 0 Å². The molecule has 1 saturated heterocycles. The summed E-state index contributed by atoms with van der Waals surface area (Å²) in [5.74, 6) is 0. The smallest absolute Gasteiger partial charge is 0.0575 e. The number of hydrogen-bond acceptors (Lipinski definition) is 1. The second-order valence-electron chi connectivity index (χ2n) is 4.85. The molecule has 0 radical (unpaired) electrons. The van der Waals surface area contributed by atoms with Gasteiger partial charge in [0.05, 0.1) is 6.10 Å². The number of ether oxygens (including phenoxy) is 1. The second-order valence-corrected chi connectivity index (χ2v) is 5.47. The van der Waals surface area contributed by atoms with Gasteiger partial charge in [-0.05, 0) is 44.1 Å². The molecular weight excluding hydrogens is 232 g/mol. The van der Waals surface area contributed by atoms with E-state index in [1.807, 2.05) is 6.07 Å². The van der Waals surface area contributed by atoms with Gasteiger partial charge < -0.3 is 4.74 Å². The summed E-state index contributed by atoms with van der Waals surface area (Å²) >= 11 is 6.38. The summed E-state index contributed by atoms with van der Waals surface area (Å²) in [7, 11) is 0. The van der Waals surface area contributed by atoms with Crippen LogP contribution in [0.2, 0.25) is 0 Å². The van der Waals surface area contributed by atoms with Gasteiger partial charge in [0.1, 0.15) is 0 Å². The van der Waals surface area contributed by atoms with E-state index >= 15 is 0 Å². The number of benzene rings is 1. The average molecular weight is 253 g/mol. The predicted octanol–water partition coefficient (Wildman–Crippen LogP) is 4.19. The average Bonchev–Trinajstić information content (AvgIpc) is 2.39. The van der Waals surface area contributed by atoms with E-state index in [2.05, 4.69) is 24.3 Å². The third-order valence-corrected chi connectivity index (χ3v) is 3.75. The van der Waals surface area contributed by atoms with Crippen molar-refractivity contribution in [1.82, 2.24) is 0 Å². The minimum absolute atomic E-state index is 0.239. The molecule has 1 aliphatic rings. The normalized spacial score (nSPS) is 22.3. The van der Waals surface area contributed by atoms with Crippen LogP contribution in [0, 0.1) is 0 Å². The van der Waals surface area contributed by atoms with Gasteiger partial charge in [0.25, 0.3) is 0 Å². The first-order valence-electron chi connectivity index (χ1n) is 6.64. The number of hydrogen-bond donors (Lipinski definition) is 0. The third kappa shape index (κ3) is 4.69. The van der Waals surface area contributed by atoms with E-state index in [-0.39, 0.29) is 5.38 Å². The van der Waals surface area contributed by atoms with Crippen molar-refractivity contribution in [2.45, 2.75) is 50.0 Å². The third-order valence-electron chi connectivity index (χ3n) is 3.38. The van der Waals surface area contributed by atoms with Crippen LogP contribution in [-0.4, -0.2) is 18.1 Å². The highest BCUT2D eigenvalue weighted by Gasteiger charge is 2.15. The van der Waals surface area contributed by atoms with E-state index in [9.17, 15) is 0 Å². The zero-order valence-electron chi connectivity index (χ0n) is 10.3. The summed E-state index contributed by atoms with van der Waals surface area (Å²) in [4.78, 5) is 0. The quantitative estimate of drug-likeness (QED) is 0.714. The molecule has 1 nitrogen and oxygen atoms in total. The fourth-order valence-corrected chi connectivity index (χ4v) is 2.68. The monoisotopic (exact) mass is 252 g/mol. The topological polar surface area (TPSA) is 9.23 Å². The number of halogens is 1. The summed E-state index contributed by atoms with van der Waals surface area (Å²) < 4.78 is 5.72. The van der Waals surface area contributed by atoms with Crippen molar-refractivity contribution >= 4 is 11.6 Å². The maximum absolute atomic E-state index is 6.38. The molecule has 0 spiro atoms. The van der Waals surface area contributed by atoms with Crippen molar-refractivity contribution in [2.24, 2.45) is 0 Å². The van der Waals surface area contributed by atoms with Gasteiger partial charge in [-0.3, -0.25) is 0 Å². The van der Waals surface area contributed by atoms with Gasteiger partial charge >= 0.3 is 0 Å². The molecular formula is C15H21ClO. The molecule has 0 saturated carbocycles. The second kappa shape index (κ2) is 7.03. The van der Waals surface area contributed by atoms with Crippen molar-refractivity contribution in [3.8, 4) is 0 Å². The molecule has 1 aromatic carbocycles. The molecule has 1 heterocycles. The van der Waals surface area contributed by atoms with Gasteiger partial charge in [0.15, 0.2) is 0 Å². The van der Waals surface area contributed by atoms with Gasteiger partial charge in [-0.1, -0.05) is 30.3 Å². The van der Waals surface area contributed by atoms with Crippen LogP contribution in [0.5, 0.6) is 0 Å². The first kappa shape index (κ1) is 12.9. The largest absolute Gasteiger partial charge is 0.378 e. The summed E-state index contributed by atoms with van der Waals surface area (Å²) in [6.07, 6.45) is 7.36. The Morgan fingerprint density at radius 1 is 1.24 bits per heavy atom. The minimum atomic E-state index is 0.239. The Hall–Kier alpha value is -0.530. The first-order chi connectivity index (χ1) is 8.34. The zero-order chi connectivity index (χ0) is 11.9. The predicted molar refractivity (Wildman–Crippen MR) is 72.6 cm³/mol. The summed E-state index contributed by atoms with van der Waals surface area (Å²) in [6.45, 7) is 0.941. The SMILES string of the molecule is ClC(CCC1CCCCO1)Cc1ccccc1. The highest BCUT2D eigenvalue weighted by molar-refractivity contribution is 6.20. The Labute approximate surface area is 109 Å². The van der Waals surface area contributed by atoms with E-state index in [0.29, 0.717) is 6.10 Å². The van der Waals surface area contributed by atoms with Crippen LogP contribution in [0.15, 0.2) is 30.3 Å². The molecule has 1 aliphatic heterocycles. The van der Waals surface area contributed by atoms with Crippen LogP contribution in [0.3, 0.4) is 0 Å². The molecule has 1 fully saturated rings. The van der Waals surface area contributed by atoms with Crippen molar-refractivity contribution in [3.63, 3.8) is 0 Å². The molecule has 0 N–H and O–H groups in total. The molecule has 0 amide bonds. The minimum Gasteiger partial charge on any atom is -0.378 e. The van der Waals surface area contributed by atoms with Crippen LogP contribution < -0.4 is 0 Å². The fraction of sp³-hybridized carbons (Fsp3) is 0.600. The van der Waals surface area contributed by atoms with Crippen LogP contribution in [0.25, 0.3) is 0 Å². The van der Waals surface area contributed by atoms with Gasteiger partial charge in [-0.25, -0.2) is 0 Å². The maximum atomic E-state index is 6.38. The number of rotatable bonds is 5. The van der Waals surface area contributed by atoms with Crippen LogP contribution in [0.4, 0.5) is 0 Å². The summed E-state index contributed by atoms with van der Waals surface area (Å²) in [6, 6.07) is 10.5. The Kier molecular flexibility index (Phi) is 5.34. The van der Waals surface area contributed by atoms with E-state index in [4.69, 9.17) is 16.3 Å². The molecule has 1 aromatic rings. The molecule has 2 unspecified atom stereocenters. The van der Waals surface area contributed by atoms with E-state index in [0.717, 1.165) is 25.9 Å². The molecule has 2 atom stereocenters. The summed E-state index contributed by atoms with van der Waals surface area (Å²) in [5, 5.41) is 0.239. The van der Waals surface area contributed by atoms with Crippen LogP contribution >= 0.6 is 11.6 Å². The van der Waals surface area contributed by atoms with Crippen molar-refractivity contribution < 1.29 is 4.74 Å². The molecule has 2 heteroatoms. The Bertz CT molecular complexity index is 306. The van der Waals surface area contributed by atoms with Gasteiger partial charge in [-0.2, -0.15) is 0 Å². The Morgan fingerprint density at radius 3 is 2.76 bits per heavy atom.